The van der Waals surface area contributed by atoms with Crippen molar-refractivity contribution in [2.75, 3.05) is 6.54 Å². The zero-order chi connectivity index (χ0) is 16.2. The van der Waals surface area contributed by atoms with Crippen LogP contribution in [0.1, 0.15) is 37.4 Å². The normalized spacial score (nSPS) is 23.8. The molecule has 0 aliphatic heterocycles. The number of aliphatic hydroxyl groups excluding tert-OH is 1. The molecule has 0 aromatic carbocycles. The highest BCUT2D eigenvalue weighted by Gasteiger charge is 2.41. The number of amides is 2. The summed E-state index contributed by atoms with van der Waals surface area (Å²) in [5.74, 6) is -1.26. The molecule has 0 saturated heterocycles. The van der Waals surface area contributed by atoms with Crippen molar-refractivity contribution < 1.29 is 23.1 Å². The quantitative estimate of drug-likeness (QED) is 0.791. The van der Waals surface area contributed by atoms with Crippen LogP contribution in [0.15, 0.2) is 16.8 Å². The molecule has 0 unspecified atom stereocenters. The number of rotatable bonds is 4. The number of thiophene rings is 1. The maximum Gasteiger partial charge on any atom is 0.391 e. The number of carbonyl (C=O) groups excluding carboxylic acids is 1. The van der Waals surface area contributed by atoms with Crippen molar-refractivity contribution in [3.8, 4) is 0 Å². The monoisotopic (exact) mass is 336 g/mol. The molecule has 1 aromatic heterocycles. The molecule has 2 amide bonds. The Morgan fingerprint density at radius 1 is 1.36 bits per heavy atom. The second-order valence-corrected chi connectivity index (χ2v) is 6.30. The molecule has 1 fully saturated rings. The van der Waals surface area contributed by atoms with Crippen LogP contribution in [0.5, 0.6) is 0 Å². The third-order valence-electron chi connectivity index (χ3n) is 3.91. The molecule has 2 rings (SSSR count). The van der Waals surface area contributed by atoms with E-state index < -0.39 is 24.2 Å². The first-order valence-corrected chi connectivity index (χ1v) is 8.11. The van der Waals surface area contributed by atoms with E-state index in [-0.39, 0.29) is 25.4 Å². The molecule has 1 aromatic rings. The Morgan fingerprint density at radius 3 is 2.59 bits per heavy atom. The molecule has 1 aliphatic rings. The molecule has 0 spiro atoms. The summed E-state index contributed by atoms with van der Waals surface area (Å²) in [6.07, 6.45) is -4.18. The summed E-state index contributed by atoms with van der Waals surface area (Å²) in [4.78, 5) is 11.7. The van der Waals surface area contributed by atoms with Crippen molar-refractivity contribution in [1.82, 2.24) is 10.6 Å². The van der Waals surface area contributed by atoms with Crippen LogP contribution in [0, 0.1) is 5.92 Å². The highest BCUT2D eigenvalue weighted by Crippen LogP contribution is 2.37. The Morgan fingerprint density at radius 2 is 2.05 bits per heavy atom. The van der Waals surface area contributed by atoms with Gasteiger partial charge in [0.05, 0.1) is 12.0 Å². The van der Waals surface area contributed by atoms with Crippen LogP contribution in [-0.2, 0) is 0 Å². The van der Waals surface area contributed by atoms with Crippen LogP contribution in [0.4, 0.5) is 18.0 Å². The fourth-order valence-electron chi connectivity index (χ4n) is 2.57. The van der Waals surface area contributed by atoms with Gasteiger partial charge in [-0.05, 0) is 48.1 Å². The van der Waals surface area contributed by atoms with E-state index >= 15 is 0 Å². The lowest BCUT2D eigenvalue weighted by molar-refractivity contribution is -0.182. The molecule has 8 heteroatoms. The molecule has 4 nitrogen and oxygen atoms in total. The lowest BCUT2D eigenvalue weighted by Gasteiger charge is -2.30. The van der Waals surface area contributed by atoms with Gasteiger partial charge in [-0.2, -0.15) is 24.5 Å². The number of nitrogens with one attached hydrogen (secondary N) is 2. The van der Waals surface area contributed by atoms with Crippen LogP contribution in [-0.4, -0.2) is 29.9 Å². The fourth-order valence-corrected chi connectivity index (χ4v) is 3.28. The van der Waals surface area contributed by atoms with E-state index in [1.807, 2.05) is 5.38 Å². The van der Waals surface area contributed by atoms with E-state index in [1.165, 1.54) is 11.3 Å². The highest BCUT2D eigenvalue weighted by atomic mass is 32.1. The number of alkyl halides is 3. The molecule has 3 N–H and O–H groups in total. The average molecular weight is 336 g/mol. The lowest BCUT2D eigenvalue weighted by atomic mass is 9.86. The standard InChI is InChI=1S/C14H19F3N2O2S/c15-14(16,17)10-1-3-11(4-2-10)19-13(21)18-7-12(20)9-5-6-22-8-9/h5-6,8,10-12,20H,1-4,7H2,(H2,18,19,21)/t10?,11?,12-/m1/s1. The number of hydrogen-bond donors (Lipinski definition) is 3. The molecule has 1 heterocycles. The van der Waals surface area contributed by atoms with Gasteiger partial charge in [0.1, 0.15) is 0 Å². The molecule has 1 aliphatic carbocycles. The van der Waals surface area contributed by atoms with Crippen LogP contribution in [0.2, 0.25) is 0 Å². The first-order chi connectivity index (χ1) is 10.4. The molecular formula is C14H19F3N2O2S. The van der Waals surface area contributed by atoms with Gasteiger partial charge in [-0.1, -0.05) is 0 Å². The van der Waals surface area contributed by atoms with E-state index in [0.717, 1.165) is 5.56 Å². The molecule has 1 saturated carbocycles. The second kappa shape index (κ2) is 7.32. The first-order valence-electron chi connectivity index (χ1n) is 7.17. The van der Waals surface area contributed by atoms with Gasteiger partial charge in [-0.25, -0.2) is 4.79 Å². The number of urea groups is 1. The molecule has 124 valence electrons. The molecule has 0 bridgehead atoms. The SMILES string of the molecule is O=C(NC[C@@H](O)c1ccsc1)NC1CCC(C(F)(F)F)CC1. The molecular weight excluding hydrogens is 317 g/mol. The van der Waals surface area contributed by atoms with Crippen molar-refractivity contribution >= 4 is 17.4 Å². The third kappa shape index (κ3) is 4.88. The topological polar surface area (TPSA) is 61.4 Å². The zero-order valence-electron chi connectivity index (χ0n) is 11.9. The molecule has 0 radical (unpaired) electrons. The summed E-state index contributed by atoms with van der Waals surface area (Å²) in [5.41, 5.74) is 0.732. The number of carbonyl (C=O) groups is 1. The van der Waals surface area contributed by atoms with Crippen molar-refractivity contribution in [3.05, 3.63) is 22.4 Å². The maximum absolute atomic E-state index is 12.5. The van der Waals surface area contributed by atoms with E-state index in [1.54, 1.807) is 11.4 Å². The van der Waals surface area contributed by atoms with Crippen LogP contribution in [0.25, 0.3) is 0 Å². The summed E-state index contributed by atoms with van der Waals surface area (Å²) in [7, 11) is 0. The van der Waals surface area contributed by atoms with Gasteiger partial charge in [-0.15, -0.1) is 0 Å². The number of aliphatic hydroxyl groups is 1. The summed E-state index contributed by atoms with van der Waals surface area (Å²) < 4.78 is 37.6. The Hall–Kier alpha value is -1.28. The van der Waals surface area contributed by atoms with Gasteiger partial charge in [0, 0.05) is 12.6 Å². The Balaban J connectivity index is 1.68. The van der Waals surface area contributed by atoms with Crippen molar-refractivity contribution in [3.63, 3.8) is 0 Å². The van der Waals surface area contributed by atoms with Gasteiger partial charge in [-0.3, -0.25) is 0 Å². The predicted molar refractivity (Wildman–Crippen MR) is 77.6 cm³/mol. The van der Waals surface area contributed by atoms with E-state index in [0.29, 0.717) is 12.8 Å². The first kappa shape index (κ1) is 17.1. The van der Waals surface area contributed by atoms with Crippen molar-refractivity contribution in [1.29, 1.82) is 0 Å². The van der Waals surface area contributed by atoms with Gasteiger partial charge >= 0.3 is 12.2 Å². The zero-order valence-corrected chi connectivity index (χ0v) is 12.7. The van der Waals surface area contributed by atoms with E-state index in [2.05, 4.69) is 10.6 Å². The van der Waals surface area contributed by atoms with Gasteiger partial charge < -0.3 is 15.7 Å². The van der Waals surface area contributed by atoms with Gasteiger partial charge in [0.25, 0.3) is 0 Å². The van der Waals surface area contributed by atoms with Crippen LogP contribution >= 0.6 is 11.3 Å². The fraction of sp³-hybridized carbons (Fsp3) is 0.643. The van der Waals surface area contributed by atoms with Crippen LogP contribution in [0.3, 0.4) is 0 Å². The van der Waals surface area contributed by atoms with Crippen molar-refractivity contribution in [2.45, 2.75) is 44.0 Å². The summed E-state index contributed by atoms with van der Waals surface area (Å²) in [5, 5.41) is 18.7. The van der Waals surface area contributed by atoms with Gasteiger partial charge in [0.2, 0.25) is 0 Å². The second-order valence-electron chi connectivity index (χ2n) is 5.52. The van der Waals surface area contributed by atoms with E-state index in [4.69, 9.17) is 0 Å². The largest absolute Gasteiger partial charge is 0.391 e. The van der Waals surface area contributed by atoms with E-state index in [9.17, 15) is 23.1 Å². The minimum atomic E-state index is -4.14. The minimum absolute atomic E-state index is 0.0476. The summed E-state index contributed by atoms with van der Waals surface area (Å²) in [6, 6.07) is 1.08. The van der Waals surface area contributed by atoms with Crippen LogP contribution < -0.4 is 10.6 Å². The smallest absolute Gasteiger partial charge is 0.387 e. The average Bonchev–Trinajstić information content (AvgIpc) is 2.98. The Labute approximate surface area is 130 Å². The summed E-state index contributed by atoms with van der Waals surface area (Å²) in [6.45, 7) is 0.0699. The predicted octanol–water partition coefficient (Wildman–Crippen LogP) is 3.20. The summed E-state index contributed by atoms with van der Waals surface area (Å²) >= 11 is 1.45. The molecule has 22 heavy (non-hydrogen) atoms. The third-order valence-corrected chi connectivity index (χ3v) is 4.61. The highest BCUT2D eigenvalue weighted by molar-refractivity contribution is 7.07. The van der Waals surface area contributed by atoms with Crippen molar-refractivity contribution in [2.24, 2.45) is 5.92 Å². The Bertz CT molecular complexity index is 471. The lowest BCUT2D eigenvalue weighted by Crippen LogP contribution is -2.45. The van der Waals surface area contributed by atoms with Gasteiger partial charge in [0.15, 0.2) is 0 Å². The molecule has 1 atom stereocenters. The minimum Gasteiger partial charge on any atom is -0.387 e. The number of hydrogen-bond acceptors (Lipinski definition) is 3. The maximum atomic E-state index is 12.5. The Kier molecular flexibility index (Phi) is 5.69. The number of halogens is 3.